The van der Waals surface area contributed by atoms with Gasteiger partial charge < -0.3 is 14.8 Å². The summed E-state index contributed by atoms with van der Waals surface area (Å²) in [6.07, 6.45) is 2.45. The molecule has 3 heterocycles. The van der Waals surface area contributed by atoms with E-state index in [0.29, 0.717) is 18.7 Å². The highest BCUT2D eigenvalue weighted by atomic mass is 16.2. The van der Waals surface area contributed by atoms with Gasteiger partial charge in [0.2, 0.25) is 11.8 Å². The second-order valence-electron chi connectivity index (χ2n) is 5.73. The first-order chi connectivity index (χ1) is 11.0. The molecule has 1 N–H and O–H groups in total. The minimum Gasteiger partial charge on any atom is -0.343 e. The number of fused-ring (bicyclic) bond motifs is 1. The summed E-state index contributed by atoms with van der Waals surface area (Å²) in [6, 6.07) is 1.92. The molecule has 8 heteroatoms. The monoisotopic (exact) mass is 317 g/mol. The van der Waals surface area contributed by atoms with Gasteiger partial charge in [0.05, 0.1) is 6.54 Å². The zero-order valence-electron chi connectivity index (χ0n) is 13.2. The van der Waals surface area contributed by atoms with Gasteiger partial charge in [-0.25, -0.2) is 4.79 Å². The number of hydrogen-bond donors (Lipinski definition) is 1. The normalized spacial score (nSPS) is 15.5. The maximum Gasteiger partial charge on any atom is 0.350 e. The molecule has 1 aliphatic heterocycles. The molecule has 0 atom stereocenters. The SMILES string of the molecule is CCc1cc2cn(CC(=O)N3CCN(C)C(=O)C3)c(=O)nc2[nH]1. The lowest BCUT2D eigenvalue weighted by Gasteiger charge is -2.32. The molecule has 2 aromatic rings. The Kier molecular flexibility index (Phi) is 3.89. The van der Waals surface area contributed by atoms with Crippen LogP contribution in [0.4, 0.5) is 0 Å². The van der Waals surface area contributed by atoms with Crippen LogP contribution in [0.3, 0.4) is 0 Å². The first-order valence-corrected chi connectivity index (χ1v) is 7.58. The topological polar surface area (TPSA) is 91.3 Å². The number of nitrogens with zero attached hydrogens (tertiary/aromatic N) is 4. The molecule has 1 aliphatic rings. The first kappa shape index (κ1) is 15.3. The highest BCUT2D eigenvalue weighted by Gasteiger charge is 2.25. The van der Waals surface area contributed by atoms with E-state index in [-0.39, 0.29) is 24.9 Å². The number of rotatable bonds is 3. The fourth-order valence-electron chi connectivity index (χ4n) is 2.61. The fraction of sp³-hybridized carbons (Fsp3) is 0.467. The van der Waals surface area contributed by atoms with Gasteiger partial charge in [0.15, 0.2) is 0 Å². The molecule has 1 saturated heterocycles. The van der Waals surface area contributed by atoms with Crippen molar-refractivity contribution in [3.05, 3.63) is 28.4 Å². The van der Waals surface area contributed by atoms with Crippen molar-refractivity contribution in [1.82, 2.24) is 24.3 Å². The van der Waals surface area contributed by atoms with Crippen LogP contribution in [-0.4, -0.2) is 62.8 Å². The summed E-state index contributed by atoms with van der Waals surface area (Å²) in [7, 11) is 1.71. The van der Waals surface area contributed by atoms with Crippen LogP contribution in [0.5, 0.6) is 0 Å². The average Bonchev–Trinajstić information content (AvgIpc) is 2.92. The van der Waals surface area contributed by atoms with E-state index in [1.165, 1.54) is 9.47 Å². The molecule has 0 saturated carbocycles. The summed E-state index contributed by atoms with van der Waals surface area (Å²) in [6.45, 7) is 2.95. The number of carbonyl (C=O) groups is 2. The summed E-state index contributed by atoms with van der Waals surface area (Å²) < 4.78 is 1.29. The van der Waals surface area contributed by atoms with E-state index in [9.17, 15) is 14.4 Å². The van der Waals surface area contributed by atoms with E-state index in [4.69, 9.17) is 0 Å². The number of piperazine rings is 1. The van der Waals surface area contributed by atoms with Crippen LogP contribution >= 0.6 is 0 Å². The van der Waals surface area contributed by atoms with Crippen molar-refractivity contribution in [2.24, 2.45) is 0 Å². The van der Waals surface area contributed by atoms with Crippen LogP contribution < -0.4 is 5.69 Å². The highest BCUT2D eigenvalue weighted by molar-refractivity contribution is 5.86. The lowest BCUT2D eigenvalue weighted by Crippen LogP contribution is -2.51. The van der Waals surface area contributed by atoms with Gasteiger partial charge >= 0.3 is 5.69 Å². The van der Waals surface area contributed by atoms with Gasteiger partial charge in [-0.05, 0) is 12.5 Å². The highest BCUT2D eigenvalue weighted by Crippen LogP contribution is 2.11. The number of H-pyrrole nitrogens is 1. The standard InChI is InChI=1S/C15H19N5O3/c1-3-11-6-10-7-20(15(23)17-14(10)16-11)9-13(22)19-5-4-18(2)12(21)8-19/h6-7H,3-5,8-9H2,1-2H3,(H,16,17,23). The lowest BCUT2D eigenvalue weighted by atomic mass is 10.3. The van der Waals surface area contributed by atoms with Gasteiger partial charge in [-0.2, -0.15) is 4.98 Å². The average molecular weight is 317 g/mol. The Morgan fingerprint density at radius 1 is 1.35 bits per heavy atom. The second-order valence-corrected chi connectivity index (χ2v) is 5.73. The van der Waals surface area contributed by atoms with Crippen LogP contribution in [0.2, 0.25) is 0 Å². The van der Waals surface area contributed by atoms with Gasteiger partial charge in [-0.3, -0.25) is 14.2 Å². The Hall–Kier alpha value is -2.64. The predicted octanol–water partition coefficient (Wildman–Crippen LogP) is -0.412. The Morgan fingerprint density at radius 3 is 2.83 bits per heavy atom. The van der Waals surface area contributed by atoms with Gasteiger partial charge in [-0.1, -0.05) is 6.92 Å². The minimum atomic E-state index is -0.476. The molecule has 0 unspecified atom stereocenters. The molecule has 0 radical (unpaired) electrons. The smallest absolute Gasteiger partial charge is 0.343 e. The maximum atomic E-state index is 12.3. The number of likely N-dealkylation sites (N-methyl/N-ethyl adjacent to an activating group) is 1. The van der Waals surface area contributed by atoms with Crippen molar-refractivity contribution < 1.29 is 9.59 Å². The van der Waals surface area contributed by atoms with E-state index < -0.39 is 5.69 Å². The van der Waals surface area contributed by atoms with Gasteiger partial charge in [0.1, 0.15) is 12.2 Å². The summed E-state index contributed by atoms with van der Waals surface area (Å²) >= 11 is 0. The van der Waals surface area contributed by atoms with Gasteiger partial charge in [0.25, 0.3) is 0 Å². The largest absolute Gasteiger partial charge is 0.350 e. The van der Waals surface area contributed by atoms with Crippen LogP contribution in [0.25, 0.3) is 11.0 Å². The Bertz CT molecular complexity index is 822. The Morgan fingerprint density at radius 2 is 2.13 bits per heavy atom. The van der Waals surface area contributed by atoms with Crippen molar-refractivity contribution in [2.75, 3.05) is 26.7 Å². The van der Waals surface area contributed by atoms with Crippen molar-refractivity contribution in [1.29, 1.82) is 0 Å². The molecule has 2 aromatic heterocycles. The molecular formula is C15H19N5O3. The zero-order valence-corrected chi connectivity index (χ0v) is 13.2. The predicted molar refractivity (Wildman–Crippen MR) is 83.9 cm³/mol. The maximum absolute atomic E-state index is 12.3. The molecule has 2 amide bonds. The molecule has 1 fully saturated rings. The molecule has 3 rings (SSSR count). The van der Waals surface area contributed by atoms with Crippen LogP contribution in [-0.2, 0) is 22.6 Å². The molecule has 122 valence electrons. The van der Waals surface area contributed by atoms with Crippen LogP contribution in [0.1, 0.15) is 12.6 Å². The second kappa shape index (κ2) is 5.86. The quantitative estimate of drug-likeness (QED) is 0.833. The zero-order chi connectivity index (χ0) is 16.6. The molecule has 0 aliphatic carbocycles. The van der Waals surface area contributed by atoms with E-state index in [1.807, 2.05) is 13.0 Å². The minimum absolute atomic E-state index is 0.0594. The number of hydrogen-bond acceptors (Lipinski definition) is 4. The molecule has 0 aromatic carbocycles. The number of aromatic amines is 1. The molecule has 8 nitrogen and oxygen atoms in total. The van der Waals surface area contributed by atoms with E-state index in [2.05, 4.69) is 9.97 Å². The van der Waals surface area contributed by atoms with Crippen molar-refractivity contribution in [2.45, 2.75) is 19.9 Å². The Balaban J connectivity index is 1.80. The third-order valence-corrected chi connectivity index (χ3v) is 4.13. The summed E-state index contributed by atoms with van der Waals surface area (Å²) in [4.78, 5) is 46.2. The molecular weight excluding hydrogens is 298 g/mol. The third-order valence-electron chi connectivity index (χ3n) is 4.13. The van der Waals surface area contributed by atoms with Crippen LogP contribution in [0.15, 0.2) is 17.1 Å². The van der Waals surface area contributed by atoms with Crippen molar-refractivity contribution in [3.63, 3.8) is 0 Å². The van der Waals surface area contributed by atoms with Crippen molar-refractivity contribution in [3.8, 4) is 0 Å². The van der Waals surface area contributed by atoms with E-state index in [0.717, 1.165) is 17.5 Å². The third kappa shape index (κ3) is 2.96. The summed E-state index contributed by atoms with van der Waals surface area (Å²) in [5.41, 5.74) is 1.04. The Labute approximate surface area is 132 Å². The van der Waals surface area contributed by atoms with E-state index in [1.54, 1.807) is 18.1 Å². The molecule has 0 spiro atoms. The lowest BCUT2D eigenvalue weighted by molar-refractivity contribution is -0.144. The van der Waals surface area contributed by atoms with E-state index >= 15 is 0 Å². The molecule has 23 heavy (non-hydrogen) atoms. The fourth-order valence-corrected chi connectivity index (χ4v) is 2.61. The summed E-state index contributed by atoms with van der Waals surface area (Å²) in [5, 5.41) is 0.795. The van der Waals surface area contributed by atoms with Crippen LogP contribution in [0, 0.1) is 0 Å². The number of nitrogens with one attached hydrogen (secondary N) is 1. The molecule has 0 bridgehead atoms. The van der Waals surface area contributed by atoms with Crippen molar-refractivity contribution >= 4 is 22.8 Å². The first-order valence-electron chi connectivity index (χ1n) is 7.58. The van der Waals surface area contributed by atoms with Gasteiger partial charge in [-0.15, -0.1) is 0 Å². The number of aryl methyl sites for hydroxylation is 1. The number of aromatic nitrogens is 3. The van der Waals surface area contributed by atoms with Gasteiger partial charge in [0, 0.05) is 37.4 Å². The number of carbonyl (C=O) groups excluding carboxylic acids is 2. The summed E-state index contributed by atoms with van der Waals surface area (Å²) in [5.74, 6) is -0.343. The number of amides is 2.